The SMILES string of the molecule is O=S(=O)(O)c1ccc2[nH]cnc2n1. The fourth-order valence-electron chi connectivity index (χ4n) is 0.949. The second-order valence-corrected chi connectivity index (χ2v) is 3.77. The Bertz CT molecular complexity index is 545. The van der Waals surface area contributed by atoms with E-state index < -0.39 is 15.1 Å². The maximum absolute atomic E-state index is 10.7. The molecule has 0 spiro atoms. The van der Waals surface area contributed by atoms with Crippen LogP contribution in [0.3, 0.4) is 0 Å². The average molecular weight is 199 g/mol. The summed E-state index contributed by atoms with van der Waals surface area (Å²) in [6.07, 6.45) is 1.39. The Hall–Kier alpha value is -1.47. The summed E-state index contributed by atoms with van der Waals surface area (Å²) in [5.74, 6) is 0. The first-order valence-corrected chi connectivity index (χ1v) is 4.79. The van der Waals surface area contributed by atoms with Crippen LogP contribution in [0.25, 0.3) is 11.2 Å². The normalized spacial score (nSPS) is 12.1. The van der Waals surface area contributed by atoms with Crippen LogP contribution in [0.4, 0.5) is 0 Å². The summed E-state index contributed by atoms with van der Waals surface area (Å²) in [5, 5.41) is -0.396. The van der Waals surface area contributed by atoms with Crippen LogP contribution in [0.5, 0.6) is 0 Å². The third kappa shape index (κ3) is 1.38. The molecule has 7 heteroatoms. The smallest absolute Gasteiger partial charge is 0.312 e. The highest BCUT2D eigenvalue weighted by Gasteiger charge is 2.12. The molecule has 0 unspecified atom stereocenters. The molecule has 0 aromatic carbocycles. The van der Waals surface area contributed by atoms with E-state index in [0.717, 1.165) is 0 Å². The fourth-order valence-corrected chi connectivity index (χ4v) is 1.39. The highest BCUT2D eigenvalue weighted by Crippen LogP contribution is 2.10. The molecule has 0 bridgehead atoms. The number of hydrogen-bond acceptors (Lipinski definition) is 4. The number of aromatic amines is 1. The summed E-state index contributed by atoms with van der Waals surface area (Å²) in [4.78, 5) is 10.1. The number of hydrogen-bond donors (Lipinski definition) is 2. The Balaban J connectivity index is 2.75. The van der Waals surface area contributed by atoms with Gasteiger partial charge in [-0.25, -0.2) is 9.97 Å². The van der Waals surface area contributed by atoms with Gasteiger partial charge in [-0.1, -0.05) is 0 Å². The van der Waals surface area contributed by atoms with Crippen molar-refractivity contribution in [2.45, 2.75) is 5.03 Å². The molecule has 0 atom stereocenters. The third-order valence-corrected chi connectivity index (χ3v) is 2.28. The molecule has 0 aliphatic carbocycles. The van der Waals surface area contributed by atoms with Crippen molar-refractivity contribution in [3.8, 4) is 0 Å². The van der Waals surface area contributed by atoms with Gasteiger partial charge in [0.05, 0.1) is 11.8 Å². The topological polar surface area (TPSA) is 95.9 Å². The van der Waals surface area contributed by atoms with Crippen LogP contribution in [0.2, 0.25) is 0 Å². The van der Waals surface area contributed by atoms with Gasteiger partial charge in [0.2, 0.25) is 0 Å². The van der Waals surface area contributed by atoms with Gasteiger partial charge in [-0.15, -0.1) is 0 Å². The van der Waals surface area contributed by atoms with Gasteiger partial charge in [0.15, 0.2) is 10.7 Å². The van der Waals surface area contributed by atoms with Crippen molar-refractivity contribution < 1.29 is 13.0 Å². The van der Waals surface area contributed by atoms with Gasteiger partial charge < -0.3 is 4.98 Å². The molecule has 0 saturated carbocycles. The van der Waals surface area contributed by atoms with Gasteiger partial charge in [0.1, 0.15) is 0 Å². The summed E-state index contributed by atoms with van der Waals surface area (Å²) in [6, 6.07) is 2.69. The molecule has 2 aromatic heterocycles. The molecule has 6 nitrogen and oxygen atoms in total. The van der Waals surface area contributed by atoms with Gasteiger partial charge in [0.25, 0.3) is 0 Å². The summed E-state index contributed by atoms with van der Waals surface area (Å²) in [5.41, 5.74) is 0.877. The van der Waals surface area contributed by atoms with Crippen molar-refractivity contribution in [3.63, 3.8) is 0 Å². The van der Waals surface area contributed by atoms with Crippen molar-refractivity contribution >= 4 is 21.3 Å². The lowest BCUT2D eigenvalue weighted by Gasteiger charge is -1.93. The fraction of sp³-hybridized carbons (Fsp3) is 0. The summed E-state index contributed by atoms with van der Waals surface area (Å²) < 4.78 is 30.0. The van der Waals surface area contributed by atoms with E-state index in [1.165, 1.54) is 18.5 Å². The molecule has 0 radical (unpaired) electrons. The van der Waals surface area contributed by atoms with E-state index in [4.69, 9.17) is 4.55 Å². The molecule has 0 aliphatic heterocycles. The van der Waals surface area contributed by atoms with Crippen molar-refractivity contribution in [1.82, 2.24) is 15.0 Å². The van der Waals surface area contributed by atoms with Crippen molar-refractivity contribution in [2.75, 3.05) is 0 Å². The van der Waals surface area contributed by atoms with Gasteiger partial charge in [0, 0.05) is 0 Å². The van der Waals surface area contributed by atoms with Crippen LogP contribution in [-0.4, -0.2) is 27.9 Å². The zero-order chi connectivity index (χ0) is 9.47. The quantitative estimate of drug-likeness (QED) is 0.640. The monoisotopic (exact) mass is 199 g/mol. The minimum atomic E-state index is -4.24. The molecule has 0 fully saturated rings. The molecular weight excluding hydrogens is 194 g/mol. The predicted molar refractivity (Wildman–Crippen MR) is 43.7 cm³/mol. The van der Waals surface area contributed by atoms with E-state index in [1.54, 1.807) is 0 Å². The Morgan fingerprint density at radius 2 is 2.15 bits per heavy atom. The number of rotatable bonds is 1. The molecule has 68 valence electrons. The first-order valence-electron chi connectivity index (χ1n) is 3.35. The first kappa shape index (κ1) is 8.14. The highest BCUT2D eigenvalue weighted by atomic mass is 32.2. The van der Waals surface area contributed by atoms with Crippen LogP contribution in [0.1, 0.15) is 0 Å². The highest BCUT2D eigenvalue weighted by molar-refractivity contribution is 7.85. The van der Waals surface area contributed by atoms with Crippen LogP contribution in [0.15, 0.2) is 23.5 Å². The Morgan fingerprint density at radius 1 is 1.38 bits per heavy atom. The standard InChI is InChI=1S/C6H5N3O3S/c10-13(11,12)5-2-1-4-6(9-5)8-3-7-4/h1-3H,(H,7,8,9)(H,10,11,12). The number of H-pyrrole nitrogens is 1. The number of nitrogens with one attached hydrogen (secondary N) is 1. The molecule has 2 rings (SSSR count). The third-order valence-electron chi connectivity index (χ3n) is 1.52. The Morgan fingerprint density at radius 3 is 2.85 bits per heavy atom. The lowest BCUT2D eigenvalue weighted by molar-refractivity contribution is 0.479. The molecule has 2 N–H and O–H groups in total. The molecule has 13 heavy (non-hydrogen) atoms. The second kappa shape index (κ2) is 2.51. The second-order valence-electron chi connectivity index (χ2n) is 2.40. The van der Waals surface area contributed by atoms with E-state index in [2.05, 4.69) is 15.0 Å². The van der Waals surface area contributed by atoms with Gasteiger partial charge in [-0.2, -0.15) is 8.42 Å². The first-order chi connectivity index (χ1) is 6.07. The van der Waals surface area contributed by atoms with Crippen LogP contribution < -0.4 is 0 Å². The largest absolute Gasteiger partial charge is 0.343 e. The molecule has 2 aromatic rings. The molecule has 0 amide bonds. The number of pyridine rings is 1. The van der Waals surface area contributed by atoms with Gasteiger partial charge in [-0.3, -0.25) is 4.55 Å². The van der Waals surface area contributed by atoms with Crippen LogP contribution >= 0.6 is 0 Å². The summed E-state index contributed by atoms with van der Waals surface area (Å²) in [7, 11) is -4.24. The molecular formula is C6H5N3O3S. The predicted octanol–water partition coefficient (Wildman–Crippen LogP) is 0.205. The number of nitrogens with zero attached hydrogens (tertiary/aromatic N) is 2. The minimum absolute atomic E-state index is 0.259. The van der Waals surface area contributed by atoms with Crippen LogP contribution in [-0.2, 0) is 10.1 Å². The summed E-state index contributed by atoms with van der Waals surface area (Å²) in [6.45, 7) is 0. The van der Waals surface area contributed by atoms with Crippen molar-refractivity contribution in [1.29, 1.82) is 0 Å². The number of imidazole rings is 1. The van der Waals surface area contributed by atoms with Gasteiger partial charge in [-0.05, 0) is 12.1 Å². The maximum Gasteiger partial charge on any atom is 0.312 e. The average Bonchev–Trinajstić information content (AvgIpc) is 2.47. The Kier molecular flexibility index (Phi) is 1.57. The number of aromatic nitrogens is 3. The zero-order valence-corrected chi connectivity index (χ0v) is 7.11. The van der Waals surface area contributed by atoms with E-state index in [9.17, 15) is 8.42 Å². The van der Waals surface area contributed by atoms with Gasteiger partial charge >= 0.3 is 10.1 Å². The summed E-state index contributed by atoms with van der Waals surface area (Å²) >= 11 is 0. The van der Waals surface area contributed by atoms with Crippen molar-refractivity contribution in [3.05, 3.63) is 18.5 Å². The maximum atomic E-state index is 10.7. The molecule has 0 saturated heterocycles. The van der Waals surface area contributed by atoms with Crippen LogP contribution in [0, 0.1) is 0 Å². The lowest BCUT2D eigenvalue weighted by Crippen LogP contribution is -2.00. The van der Waals surface area contributed by atoms with E-state index in [0.29, 0.717) is 5.52 Å². The molecule has 0 aliphatic rings. The lowest BCUT2D eigenvalue weighted by atomic mass is 10.4. The minimum Gasteiger partial charge on any atom is -0.343 e. The van der Waals surface area contributed by atoms with E-state index >= 15 is 0 Å². The van der Waals surface area contributed by atoms with E-state index in [-0.39, 0.29) is 5.65 Å². The number of fused-ring (bicyclic) bond motifs is 1. The Labute approximate surface area is 73.4 Å². The molecule has 2 heterocycles. The van der Waals surface area contributed by atoms with E-state index in [1.807, 2.05) is 0 Å². The zero-order valence-electron chi connectivity index (χ0n) is 6.30. The van der Waals surface area contributed by atoms with Crippen molar-refractivity contribution in [2.24, 2.45) is 0 Å².